The van der Waals surface area contributed by atoms with Gasteiger partial charge in [0.05, 0.1) is 19.3 Å². The summed E-state index contributed by atoms with van der Waals surface area (Å²) in [6, 6.07) is 20.3. The monoisotopic (exact) mass is 378 g/mol. The number of carbonyl (C=O) groups is 1. The van der Waals surface area contributed by atoms with Gasteiger partial charge in [-0.1, -0.05) is 42.5 Å². The normalized spacial score (nSPS) is 16.0. The first-order valence-corrected chi connectivity index (χ1v) is 9.55. The molecule has 1 atom stereocenters. The second-order valence-corrected chi connectivity index (χ2v) is 6.95. The third-order valence-electron chi connectivity index (χ3n) is 5.23. The number of rotatable bonds is 5. The minimum Gasteiger partial charge on any atom is -0.379 e. The van der Waals surface area contributed by atoms with Crippen LogP contribution in [0.15, 0.2) is 66.7 Å². The zero-order valence-corrected chi connectivity index (χ0v) is 15.6. The van der Waals surface area contributed by atoms with Crippen molar-refractivity contribution in [1.82, 2.24) is 10.2 Å². The molecule has 3 aromatic rings. The molecule has 1 unspecified atom stereocenters. The van der Waals surface area contributed by atoms with Crippen molar-refractivity contribution in [1.29, 1.82) is 0 Å². The second kappa shape index (κ2) is 8.50. The van der Waals surface area contributed by atoms with Gasteiger partial charge in [-0.05, 0) is 40.6 Å². The molecule has 5 heteroatoms. The summed E-state index contributed by atoms with van der Waals surface area (Å²) in [6.45, 7) is 3.49. The van der Waals surface area contributed by atoms with E-state index in [0.29, 0.717) is 25.3 Å². The molecule has 0 spiro atoms. The number of morpholine rings is 1. The van der Waals surface area contributed by atoms with E-state index in [1.807, 2.05) is 12.1 Å². The number of carbonyl (C=O) groups excluding carboxylic acids is 1. The minimum atomic E-state index is -0.349. The standard InChI is InChI=1S/C23H23FN2O2/c24-19-10-8-18(9-11-19)23(27)25-16-22(26-12-14-28-15-13-26)21-7-3-5-17-4-1-2-6-20(17)21/h1-11,22H,12-16H2,(H,25,27). The number of hydrogen-bond donors (Lipinski definition) is 1. The van der Waals surface area contributed by atoms with E-state index in [0.717, 1.165) is 13.1 Å². The number of nitrogens with one attached hydrogen (secondary N) is 1. The van der Waals surface area contributed by atoms with E-state index in [4.69, 9.17) is 4.74 Å². The first-order valence-electron chi connectivity index (χ1n) is 9.55. The van der Waals surface area contributed by atoms with Crippen molar-refractivity contribution in [2.45, 2.75) is 6.04 Å². The van der Waals surface area contributed by atoms with Gasteiger partial charge < -0.3 is 10.1 Å². The third kappa shape index (κ3) is 4.06. The summed E-state index contributed by atoms with van der Waals surface area (Å²) >= 11 is 0. The van der Waals surface area contributed by atoms with Crippen LogP contribution >= 0.6 is 0 Å². The highest BCUT2D eigenvalue weighted by atomic mass is 19.1. The first kappa shape index (κ1) is 18.6. The Kier molecular flexibility index (Phi) is 5.65. The van der Waals surface area contributed by atoms with Gasteiger partial charge in [-0.3, -0.25) is 9.69 Å². The van der Waals surface area contributed by atoms with E-state index in [1.165, 1.54) is 40.6 Å². The summed E-state index contributed by atoms with van der Waals surface area (Å²) in [7, 11) is 0. The molecule has 1 heterocycles. The molecule has 4 rings (SSSR count). The van der Waals surface area contributed by atoms with Crippen LogP contribution in [0, 0.1) is 5.82 Å². The lowest BCUT2D eigenvalue weighted by atomic mass is 9.97. The molecule has 4 nitrogen and oxygen atoms in total. The van der Waals surface area contributed by atoms with Crippen molar-refractivity contribution < 1.29 is 13.9 Å². The molecule has 0 bridgehead atoms. The van der Waals surface area contributed by atoms with Crippen LogP contribution in [0.25, 0.3) is 10.8 Å². The van der Waals surface area contributed by atoms with Gasteiger partial charge in [0.25, 0.3) is 5.91 Å². The predicted octanol–water partition coefficient (Wildman–Crippen LogP) is 3.78. The molecule has 1 fully saturated rings. The highest BCUT2D eigenvalue weighted by Crippen LogP contribution is 2.28. The Balaban J connectivity index is 1.60. The quantitative estimate of drug-likeness (QED) is 0.735. The topological polar surface area (TPSA) is 41.6 Å². The van der Waals surface area contributed by atoms with Gasteiger partial charge in [0.2, 0.25) is 0 Å². The maximum Gasteiger partial charge on any atom is 0.251 e. The number of fused-ring (bicyclic) bond motifs is 1. The van der Waals surface area contributed by atoms with Crippen LogP contribution in [0.2, 0.25) is 0 Å². The molecule has 0 saturated carbocycles. The molecular weight excluding hydrogens is 355 g/mol. The summed E-state index contributed by atoms with van der Waals surface area (Å²) < 4.78 is 18.6. The Bertz CT molecular complexity index is 947. The third-order valence-corrected chi connectivity index (χ3v) is 5.23. The van der Waals surface area contributed by atoms with Gasteiger partial charge in [0.15, 0.2) is 0 Å². The molecule has 28 heavy (non-hydrogen) atoms. The number of halogens is 1. The van der Waals surface area contributed by atoms with Crippen LogP contribution in [0.4, 0.5) is 4.39 Å². The molecule has 1 amide bonds. The smallest absolute Gasteiger partial charge is 0.251 e. The van der Waals surface area contributed by atoms with Crippen LogP contribution in [0.5, 0.6) is 0 Å². The summed E-state index contributed by atoms with van der Waals surface area (Å²) in [6.07, 6.45) is 0. The Labute approximate surface area is 163 Å². The van der Waals surface area contributed by atoms with Crippen molar-refractivity contribution in [3.63, 3.8) is 0 Å². The lowest BCUT2D eigenvalue weighted by Crippen LogP contribution is -2.43. The lowest BCUT2D eigenvalue weighted by molar-refractivity contribution is 0.0165. The van der Waals surface area contributed by atoms with E-state index in [-0.39, 0.29) is 17.8 Å². The number of benzene rings is 3. The maximum absolute atomic E-state index is 13.1. The summed E-state index contributed by atoms with van der Waals surface area (Å²) in [5.41, 5.74) is 1.65. The number of hydrogen-bond acceptors (Lipinski definition) is 3. The van der Waals surface area contributed by atoms with Crippen LogP contribution in [0.3, 0.4) is 0 Å². The Morgan fingerprint density at radius 2 is 1.71 bits per heavy atom. The fourth-order valence-electron chi connectivity index (χ4n) is 3.76. The molecular formula is C23H23FN2O2. The van der Waals surface area contributed by atoms with Crippen molar-refractivity contribution in [2.24, 2.45) is 0 Å². The van der Waals surface area contributed by atoms with E-state index in [1.54, 1.807) is 0 Å². The molecule has 0 aliphatic carbocycles. The predicted molar refractivity (Wildman–Crippen MR) is 108 cm³/mol. The average molecular weight is 378 g/mol. The molecule has 0 radical (unpaired) electrons. The van der Waals surface area contributed by atoms with Crippen LogP contribution in [-0.2, 0) is 4.74 Å². The zero-order valence-electron chi connectivity index (χ0n) is 15.6. The van der Waals surface area contributed by atoms with Gasteiger partial charge in [-0.15, -0.1) is 0 Å². The minimum absolute atomic E-state index is 0.0411. The van der Waals surface area contributed by atoms with Crippen LogP contribution in [0.1, 0.15) is 22.0 Å². The number of nitrogens with zero attached hydrogens (tertiary/aromatic N) is 1. The van der Waals surface area contributed by atoms with E-state index < -0.39 is 0 Å². The highest BCUT2D eigenvalue weighted by Gasteiger charge is 2.24. The van der Waals surface area contributed by atoms with Gasteiger partial charge in [-0.25, -0.2) is 4.39 Å². The maximum atomic E-state index is 13.1. The molecule has 1 saturated heterocycles. The van der Waals surface area contributed by atoms with E-state index in [9.17, 15) is 9.18 Å². The fraction of sp³-hybridized carbons (Fsp3) is 0.261. The number of amides is 1. The lowest BCUT2D eigenvalue weighted by Gasteiger charge is -2.35. The molecule has 3 aromatic carbocycles. The van der Waals surface area contributed by atoms with Crippen LogP contribution in [-0.4, -0.2) is 43.7 Å². The Morgan fingerprint density at radius 1 is 1.00 bits per heavy atom. The molecule has 1 aliphatic heterocycles. The number of ether oxygens (including phenoxy) is 1. The molecule has 0 aromatic heterocycles. The van der Waals surface area contributed by atoms with Crippen molar-refractivity contribution in [3.05, 3.63) is 83.7 Å². The Hall–Kier alpha value is -2.76. The molecule has 1 N–H and O–H groups in total. The highest BCUT2D eigenvalue weighted by molar-refractivity contribution is 5.94. The van der Waals surface area contributed by atoms with Gasteiger partial charge in [0, 0.05) is 25.2 Å². The van der Waals surface area contributed by atoms with Crippen molar-refractivity contribution in [2.75, 3.05) is 32.8 Å². The average Bonchev–Trinajstić information content (AvgIpc) is 2.75. The first-order chi connectivity index (χ1) is 13.7. The molecule has 1 aliphatic rings. The fourth-order valence-corrected chi connectivity index (χ4v) is 3.76. The zero-order chi connectivity index (χ0) is 19.3. The van der Waals surface area contributed by atoms with E-state index in [2.05, 4.69) is 40.5 Å². The SMILES string of the molecule is O=C(NCC(c1cccc2ccccc12)N1CCOCC1)c1ccc(F)cc1. The van der Waals surface area contributed by atoms with Crippen LogP contribution < -0.4 is 5.32 Å². The summed E-state index contributed by atoms with van der Waals surface area (Å²) in [4.78, 5) is 14.9. The van der Waals surface area contributed by atoms with Crippen molar-refractivity contribution >= 4 is 16.7 Å². The van der Waals surface area contributed by atoms with Crippen molar-refractivity contribution in [3.8, 4) is 0 Å². The summed E-state index contributed by atoms with van der Waals surface area (Å²) in [5, 5.41) is 5.41. The molecule has 144 valence electrons. The Morgan fingerprint density at radius 3 is 2.50 bits per heavy atom. The second-order valence-electron chi connectivity index (χ2n) is 6.95. The van der Waals surface area contributed by atoms with Gasteiger partial charge >= 0.3 is 0 Å². The summed E-state index contributed by atoms with van der Waals surface area (Å²) in [5.74, 6) is -0.544. The van der Waals surface area contributed by atoms with Gasteiger partial charge in [-0.2, -0.15) is 0 Å². The van der Waals surface area contributed by atoms with Gasteiger partial charge in [0.1, 0.15) is 5.82 Å². The van der Waals surface area contributed by atoms with E-state index >= 15 is 0 Å². The largest absolute Gasteiger partial charge is 0.379 e.